The predicted molar refractivity (Wildman–Crippen MR) is 125 cm³/mol. The minimum Gasteiger partial charge on any atom is -0.497 e. The van der Waals surface area contributed by atoms with Crippen molar-refractivity contribution in [2.75, 3.05) is 20.8 Å². The number of carbonyl (C=O) groups is 2. The Balaban J connectivity index is 1.89. The maximum atomic E-state index is 11.9. The van der Waals surface area contributed by atoms with E-state index in [1.54, 1.807) is 61.3 Å². The van der Waals surface area contributed by atoms with Crippen molar-refractivity contribution < 1.29 is 34.0 Å². The number of benzene rings is 2. The average molecular weight is 486 g/mol. The van der Waals surface area contributed by atoms with Gasteiger partial charge in [0.15, 0.2) is 17.6 Å². The number of aliphatic carboxylic acids is 2. The molecular weight excluding hydrogens is 462 g/mol. The minimum atomic E-state index is -1.12. The first-order valence-corrected chi connectivity index (χ1v) is 10.9. The lowest BCUT2D eigenvalue weighted by Crippen LogP contribution is -2.09. The quantitative estimate of drug-likeness (QED) is 0.306. The number of thioether (sulfide) groups is 1. The summed E-state index contributed by atoms with van der Waals surface area (Å²) in [5.74, 6) is -0.0981. The van der Waals surface area contributed by atoms with Crippen LogP contribution in [-0.2, 0) is 16.1 Å². The topological polar surface area (TPSA) is 133 Å². The molecule has 2 N–H and O–H groups in total. The van der Waals surface area contributed by atoms with E-state index < -0.39 is 18.5 Å². The van der Waals surface area contributed by atoms with Gasteiger partial charge in [0.25, 0.3) is 0 Å². The summed E-state index contributed by atoms with van der Waals surface area (Å²) in [6.45, 7) is 1.96. The Hall–Kier alpha value is -3.99. The Kier molecular flexibility index (Phi) is 8.14. The lowest BCUT2D eigenvalue weighted by atomic mass is 10.2. The van der Waals surface area contributed by atoms with E-state index in [1.807, 2.05) is 6.92 Å². The van der Waals surface area contributed by atoms with E-state index in [2.05, 4.69) is 10.2 Å². The second-order valence-electron chi connectivity index (χ2n) is 6.82. The molecule has 0 bridgehead atoms. The first kappa shape index (κ1) is 24.6. The molecular formula is C23H23N3O7S. The number of nitrogens with zero attached hydrogens (tertiary/aromatic N) is 3. The van der Waals surface area contributed by atoms with E-state index in [-0.39, 0.29) is 4.91 Å². The van der Waals surface area contributed by atoms with Crippen molar-refractivity contribution >= 4 is 29.8 Å². The van der Waals surface area contributed by atoms with Crippen LogP contribution >= 0.6 is 11.8 Å². The zero-order valence-electron chi connectivity index (χ0n) is 18.7. The van der Waals surface area contributed by atoms with Crippen LogP contribution in [0.4, 0.5) is 0 Å². The van der Waals surface area contributed by atoms with Crippen molar-refractivity contribution in [3.8, 4) is 28.6 Å². The molecule has 0 saturated heterocycles. The molecule has 3 aromatic rings. The van der Waals surface area contributed by atoms with Crippen molar-refractivity contribution in [3.63, 3.8) is 0 Å². The van der Waals surface area contributed by atoms with Gasteiger partial charge in [0.05, 0.1) is 14.2 Å². The maximum Gasteiger partial charge on any atom is 0.342 e. The van der Waals surface area contributed by atoms with Crippen LogP contribution in [0.1, 0.15) is 12.5 Å². The second kappa shape index (κ2) is 11.2. The molecule has 1 aromatic heterocycles. The van der Waals surface area contributed by atoms with E-state index in [0.717, 1.165) is 17.3 Å². The van der Waals surface area contributed by atoms with Crippen LogP contribution in [-0.4, -0.2) is 57.7 Å². The van der Waals surface area contributed by atoms with Crippen LogP contribution in [0.3, 0.4) is 0 Å². The van der Waals surface area contributed by atoms with Gasteiger partial charge >= 0.3 is 11.9 Å². The van der Waals surface area contributed by atoms with E-state index in [4.69, 9.17) is 19.3 Å². The fraction of sp³-hybridized carbons (Fsp3) is 0.217. The lowest BCUT2D eigenvalue weighted by Gasteiger charge is -2.10. The number of rotatable bonds is 11. The summed E-state index contributed by atoms with van der Waals surface area (Å²) in [5.41, 5.74) is 1.32. The molecule has 1 heterocycles. The summed E-state index contributed by atoms with van der Waals surface area (Å²) in [4.78, 5) is 22.6. The number of methoxy groups -OCH3 is 2. The van der Waals surface area contributed by atoms with E-state index in [1.165, 1.54) is 6.08 Å². The molecule has 34 heavy (non-hydrogen) atoms. The van der Waals surface area contributed by atoms with E-state index >= 15 is 0 Å². The van der Waals surface area contributed by atoms with Crippen LogP contribution in [0.2, 0.25) is 0 Å². The van der Waals surface area contributed by atoms with Crippen LogP contribution in [0.25, 0.3) is 17.5 Å². The highest BCUT2D eigenvalue weighted by atomic mass is 32.2. The Morgan fingerprint density at radius 1 is 1.00 bits per heavy atom. The van der Waals surface area contributed by atoms with Crippen LogP contribution in [0, 0.1) is 0 Å². The Morgan fingerprint density at radius 3 is 2.18 bits per heavy atom. The predicted octanol–water partition coefficient (Wildman–Crippen LogP) is 3.66. The van der Waals surface area contributed by atoms with Crippen molar-refractivity contribution in [1.29, 1.82) is 0 Å². The average Bonchev–Trinajstić information content (AvgIpc) is 3.25. The molecule has 2 aromatic carbocycles. The van der Waals surface area contributed by atoms with Gasteiger partial charge in [-0.3, -0.25) is 0 Å². The van der Waals surface area contributed by atoms with Gasteiger partial charge in [0.1, 0.15) is 22.2 Å². The Bertz CT molecular complexity index is 1180. The SMILES string of the molecule is CCn1c(S/C(=C\c2ccc(OCC(=O)O)cc2)C(=O)O)nnc1-c1cc(OC)cc(OC)c1. The third-order valence-electron chi connectivity index (χ3n) is 4.59. The zero-order valence-corrected chi connectivity index (χ0v) is 19.5. The van der Waals surface area contributed by atoms with Crippen molar-refractivity contribution in [1.82, 2.24) is 14.8 Å². The van der Waals surface area contributed by atoms with Crippen molar-refractivity contribution in [2.24, 2.45) is 0 Å². The van der Waals surface area contributed by atoms with Gasteiger partial charge < -0.3 is 29.0 Å². The zero-order chi connectivity index (χ0) is 24.7. The summed E-state index contributed by atoms with van der Waals surface area (Å²) in [5, 5.41) is 27.3. The first-order valence-electron chi connectivity index (χ1n) is 10.1. The normalized spacial score (nSPS) is 11.2. The Morgan fingerprint density at radius 2 is 1.65 bits per heavy atom. The molecule has 0 atom stereocenters. The largest absolute Gasteiger partial charge is 0.497 e. The van der Waals surface area contributed by atoms with Gasteiger partial charge in [0.2, 0.25) is 0 Å². The van der Waals surface area contributed by atoms with Gasteiger partial charge in [-0.25, -0.2) is 9.59 Å². The van der Waals surface area contributed by atoms with Crippen molar-refractivity contribution in [2.45, 2.75) is 18.6 Å². The fourth-order valence-electron chi connectivity index (χ4n) is 2.99. The molecule has 0 aliphatic carbocycles. The molecule has 0 unspecified atom stereocenters. The lowest BCUT2D eigenvalue weighted by molar-refractivity contribution is -0.139. The number of ether oxygens (including phenoxy) is 3. The number of carboxylic acid groups (broad SMARTS) is 2. The second-order valence-corrected chi connectivity index (χ2v) is 7.83. The summed E-state index contributed by atoms with van der Waals surface area (Å²) < 4.78 is 17.6. The first-order chi connectivity index (χ1) is 16.3. The summed E-state index contributed by atoms with van der Waals surface area (Å²) in [6, 6.07) is 11.8. The molecule has 0 aliphatic heterocycles. The molecule has 0 aliphatic rings. The number of aromatic nitrogens is 3. The van der Waals surface area contributed by atoms with E-state index in [0.29, 0.717) is 40.3 Å². The monoisotopic (exact) mass is 485 g/mol. The number of hydrogen-bond acceptors (Lipinski definition) is 8. The highest BCUT2D eigenvalue weighted by Crippen LogP contribution is 2.33. The highest BCUT2D eigenvalue weighted by molar-refractivity contribution is 8.04. The van der Waals surface area contributed by atoms with Gasteiger partial charge in [0, 0.05) is 18.2 Å². The van der Waals surface area contributed by atoms with Crippen LogP contribution in [0.15, 0.2) is 52.5 Å². The molecule has 0 saturated carbocycles. The molecule has 0 fully saturated rings. The molecule has 10 nitrogen and oxygen atoms in total. The van der Waals surface area contributed by atoms with Crippen LogP contribution < -0.4 is 14.2 Å². The standard InChI is InChI=1S/C23H23N3O7S/c1-4-26-21(15-10-17(31-2)12-18(11-15)32-3)24-25-23(26)34-19(22(29)30)9-14-5-7-16(8-6-14)33-13-20(27)28/h5-12H,4,13H2,1-3H3,(H,27,28)(H,29,30)/b19-9-. The third kappa shape index (κ3) is 6.07. The molecule has 178 valence electrons. The highest BCUT2D eigenvalue weighted by Gasteiger charge is 2.19. The molecule has 0 amide bonds. The summed E-state index contributed by atoms with van der Waals surface area (Å²) in [6.07, 6.45) is 1.50. The molecule has 3 rings (SSSR count). The van der Waals surface area contributed by atoms with Crippen LogP contribution in [0.5, 0.6) is 17.2 Å². The van der Waals surface area contributed by atoms with Gasteiger partial charge in [-0.2, -0.15) is 0 Å². The molecule has 11 heteroatoms. The maximum absolute atomic E-state index is 11.9. The van der Waals surface area contributed by atoms with Gasteiger partial charge in [-0.15, -0.1) is 10.2 Å². The molecule has 0 radical (unpaired) electrons. The summed E-state index contributed by atoms with van der Waals surface area (Å²) in [7, 11) is 3.11. The van der Waals surface area contributed by atoms with Gasteiger partial charge in [-0.05, 0) is 54.6 Å². The number of carboxylic acids is 2. The third-order valence-corrected chi connectivity index (χ3v) is 5.59. The van der Waals surface area contributed by atoms with Gasteiger partial charge in [-0.1, -0.05) is 12.1 Å². The summed E-state index contributed by atoms with van der Waals surface area (Å²) >= 11 is 0.976. The minimum absolute atomic E-state index is 0.0380. The fourth-order valence-corrected chi connectivity index (χ4v) is 3.88. The number of hydrogen-bond donors (Lipinski definition) is 2. The molecule has 0 spiro atoms. The smallest absolute Gasteiger partial charge is 0.342 e. The van der Waals surface area contributed by atoms with Crippen molar-refractivity contribution in [3.05, 3.63) is 52.9 Å². The Labute approximate surface area is 199 Å². The van der Waals surface area contributed by atoms with E-state index in [9.17, 15) is 14.7 Å².